The van der Waals surface area contributed by atoms with Gasteiger partial charge in [0.1, 0.15) is 0 Å². The van der Waals surface area contributed by atoms with E-state index in [1.165, 1.54) is 7.11 Å². The van der Waals surface area contributed by atoms with Crippen molar-refractivity contribution in [2.45, 2.75) is 12.8 Å². The first-order chi connectivity index (χ1) is 12.6. The van der Waals surface area contributed by atoms with Crippen molar-refractivity contribution >= 4 is 23.5 Å². The highest BCUT2D eigenvalue weighted by Crippen LogP contribution is 2.16. The van der Waals surface area contributed by atoms with Gasteiger partial charge in [0.2, 0.25) is 0 Å². The van der Waals surface area contributed by atoms with E-state index in [9.17, 15) is 14.4 Å². The van der Waals surface area contributed by atoms with Crippen LogP contribution in [-0.2, 0) is 4.74 Å². The molecule has 0 bridgehead atoms. The zero-order chi connectivity index (χ0) is 18.5. The van der Waals surface area contributed by atoms with Crippen LogP contribution in [0.2, 0.25) is 0 Å². The molecule has 2 aromatic rings. The topological polar surface area (TPSA) is 75.7 Å². The standard InChI is InChI=1S/C20H20N2O4/c1-26-20(25)16-5-4-6-17(13-16)21-18(23)14-7-9-15(10-8-14)19(24)22-11-2-3-12-22/h4-10,13H,2-3,11-12H2,1H3,(H,21,23). The summed E-state index contributed by atoms with van der Waals surface area (Å²) in [6.07, 6.45) is 2.08. The van der Waals surface area contributed by atoms with Crippen LogP contribution in [0.25, 0.3) is 0 Å². The van der Waals surface area contributed by atoms with Crippen molar-refractivity contribution in [2.75, 3.05) is 25.5 Å². The summed E-state index contributed by atoms with van der Waals surface area (Å²) in [4.78, 5) is 38.1. The first kappa shape index (κ1) is 17.7. The number of methoxy groups -OCH3 is 1. The summed E-state index contributed by atoms with van der Waals surface area (Å²) in [5.74, 6) is -0.779. The maximum Gasteiger partial charge on any atom is 0.337 e. The maximum atomic E-state index is 12.4. The molecule has 1 fully saturated rings. The van der Waals surface area contributed by atoms with E-state index < -0.39 is 5.97 Å². The number of amides is 2. The molecule has 0 radical (unpaired) electrons. The number of carbonyl (C=O) groups is 3. The maximum absolute atomic E-state index is 12.4. The molecule has 26 heavy (non-hydrogen) atoms. The molecule has 0 unspecified atom stereocenters. The van der Waals surface area contributed by atoms with E-state index in [1.807, 2.05) is 4.90 Å². The lowest BCUT2D eigenvalue weighted by atomic mass is 10.1. The van der Waals surface area contributed by atoms with Crippen LogP contribution in [0.4, 0.5) is 5.69 Å². The van der Waals surface area contributed by atoms with Crippen LogP contribution in [0.5, 0.6) is 0 Å². The average molecular weight is 352 g/mol. The molecule has 6 heteroatoms. The van der Waals surface area contributed by atoms with Gasteiger partial charge in [0, 0.05) is 29.9 Å². The highest BCUT2D eigenvalue weighted by atomic mass is 16.5. The second kappa shape index (κ2) is 7.82. The van der Waals surface area contributed by atoms with Crippen molar-refractivity contribution in [3.05, 3.63) is 65.2 Å². The summed E-state index contributed by atoms with van der Waals surface area (Å²) in [7, 11) is 1.30. The van der Waals surface area contributed by atoms with Crippen LogP contribution >= 0.6 is 0 Å². The van der Waals surface area contributed by atoms with Gasteiger partial charge in [-0.1, -0.05) is 6.07 Å². The summed E-state index contributed by atoms with van der Waals surface area (Å²) in [5.41, 5.74) is 1.87. The molecule has 2 aromatic carbocycles. The molecule has 1 heterocycles. The Bertz CT molecular complexity index is 824. The molecular weight excluding hydrogens is 332 g/mol. The number of benzene rings is 2. The third-order valence-electron chi connectivity index (χ3n) is 4.33. The number of nitrogens with zero attached hydrogens (tertiary/aromatic N) is 1. The van der Waals surface area contributed by atoms with Gasteiger partial charge in [0.05, 0.1) is 12.7 Å². The van der Waals surface area contributed by atoms with Crippen LogP contribution in [0.1, 0.15) is 43.9 Å². The molecule has 6 nitrogen and oxygen atoms in total. The Kier molecular flexibility index (Phi) is 5.31. The number of hydrogen-bond donors (Lipinski definition) is 1. The minimum atomic E-state index is -0.467. The molecule has 2 amide bonds. The molecule has 0 aliphatic carbocycles. The van der Waals surface area contributed by atoms with Gasteiger partial charge in [-0.05, 0) is 55.3 Å². The summed E-state index contributed by atoms with van der Waals surface area (Å²) in [5, 5.41) is 2.74. The number of rotatable bonds is 4. The SMILES string of the molecule is COC(=O)c1cccc(NC(=O)c2ccc(C(=O)N3CCCC3)cc2)c1. The summed E-state index contributed by atoms with van der Waals surface area (Å²) in [6, 6.07) is 13.1. The molecular formula is C20H20N2O4. The van der Waals surface area contributed by atoms with E-state index in [1.54, 1.807) is 48.5 Å². The lowest BCUT2D eigenvalue weighted by Gasteiger charge is -2.15. The Labute approximate surface area is 151 Å². The van der Waals surface area contributed by atoms with E-state index in [-0.39, 0.29) is 11.8 Å². The third kappa shape index (κ3) is 3.91. The monoisotopic (exact) mass is 352 g/mol. The molecule has 1 N–H and O–H groups in total. The van der Waals surface area contributed by atoms with Gasteiger partial charge in [-0.3, -0.25) is 9.59 Å². The fourth-order valence-corrected chi connectivity index (χ4v) is 2.91. The lowest BCUT2D eigenvalue weighted by molar-refractivity contribution is 0.0600. The number of likely N-dealkylation sites (tertiary alicyclic amines) is 1. The van der Waals surface area contributed by atoms with Crippen LogP contribution in [0.3, 0.4) is 0 Å². The molecule has 0 spiro atoms. The molecule has 0 atom stereocenters. The molecule has 134 valence electrons. The predicted molar refractivity (Wildman–Crippen MR) is 97.3 cm³/mol. The third-order valence-corrected chi connectivity index (χ3v) is 4.33. The van der Waals surface area contributed by atoms with Gasteiger partial charge in [-0.2, -0.15) is 0 Å². The van der Waals surface area contributed by atoms with Crippen molar-refractivity contribution in [3.8, 4) is 0 Å². The molecule has 1 saturated heterocycles. The molecule has 0 aromatic heterocycles. The average Bonchev–Trinajstić information content (AvgIpc) is 3.22. The fraction of sp³-hybridized carbons (Fsp3) is 0.250. The van der Waals surface area contributed by atoms with E-state index in [0.717, 1.165) is 25.9 Å². The van der Waals surface area contributed by atoms with Gasteiger partial charge in [0.25, 0.3) is 11.8 Å². The van der Waals surface area contributed by atoms with Crippen molar-refractivity contribution < 1.29 is 19.1 Å². The molecule has 1 aliphatic rings. The van der Waals surface area contributed by atoms with Crippen LogP contribution < -0.4 is 5.32 Å². The van der Waals surface area contributed by atoms with Gasteiger partial charge in [-0.15, -0.1) is 0 Å². The molecule has 0 saturated carbocycles. The minimum Gasteiger partial charge on any atom is -0.465 e. The summed E-state index contributed by atoms with van der Waals surface area (Å²) >= 11 is 0. The summed E-state index contributed by atoms with van der Waals surface area (Å²) < 4.78 is 4.67. The van der Waals surface area contributed by atoms with Crippen molar-refractivity contribution in [1.29, 1.82) is 0 Å². The number of hydrogen-bond acceptors (Lipinski definition) is 4. The Hall–Kier alpha value is -3.15. The number of carbonyl (C=O) groups excluding carboxylic acids is 3. The van der Waals surface area contributed by atoms with Crippen LogP contribution in [-0.4, -0.2) is 42.9 Å². The minimum absolute atomic E-state index is 0.000220. The molecule has 1 aliphatic heterocycles. The van der Waals surface area contributed by atoms with E-state index in [4.69, 9.17) is 0 Å². The zero-order valence-electron chi connectivity index (χ0n) is 14.5. The van der Waals surface area contributed by atoms with Crippen molar-refractivity contribution in [1.82, 2.24) is 4.90 Å². The van der Waals surface area contributed by atoms with Crippen molar-refractivity contribution in [3.63, 3.8) is 0 Å². The second-order valence-corrected chi connectivity index (χ2v) is 6.10. The first-order valence-electron chi connectivity index (χ1n) is 8.47. The first-order valence-corrected chi connectivity index (χ1v) is 8.47. The van der Waals surface area contributed by atoms with E-state index in [2.05, 4.69) is 10.1 Å². The van der Waals surface area contributed by atoms with Crippen LogP contribution in [0, 0.1) is 0 Å². The normalized spacial score (nSPS) is 13.3. The quantitative estimate of drug-likeness (QED) is 0.859. The number of ether oxygens (including phenoxy) is 1. The highest BCUT2D eigenvalue weighted by Gasteiger charge is 2.19. The fourth-order valence-electron chi connectivity index (χ4n) is 2.91. The van der Waals surface area contributed by atoms with E-state index >= 15 is 0 Å². The Morgan fingerprint density at radius 2 is 1.58 bits per heavy atom. The van der Waals surface area contributed by atoms with Gasteiger partial charge in [-0.25, -0.2) is 4.79 Å². The Morgan fingerprint density at radius 1 is 0.923 bits per heavy atom. The van der Waals surface area contributed by atoms with Crippen molar-refractivity contribution in [2.24, 2.45) is 0 Å². The van der Waals surface area contributed by atoms with E-state index in [0.29, 0.717) is 22.4 Å². The Balaban J connectivity index is 1.68. The predicted octanol–water partition coefficient (Wildman–Crippen LogP) is 2.96. The largest absolute Gasteiger partial charge is 0.465 e. The van der Waals surface area contributed by atoms with Gasteiger partial charge < -0.3 is 15.0 Å². The summed E-state index contributed by atoms with van der Waals surface area (Å²) in [6.45, 7) is 1.58. The lowest BCUT2D eigenvalue weighted by Crippen LogP contribution is -2.27. The van der Waals surface area contributed by atoms with Gasteiger partial charge in [0.15, 0.2) is 0 Å². The number of esters is 1. The highest BCUT2D eigenvalue weighted by molar-refractivity contribution is 6.05. The Morgan fingerprint density at radius 3 is 2.23 bits per heavy atom. The van der Waals surface area contributed by atoms with Crippen LogP contribution in [0.15, 0.2) is 48.5 Å². The molecule has 3 rings (SSSR count). The number of anilines is 1. The van der Waals surface area contributed by atoms with Gasteiger partial charge >= 0.3 is 5.97 Å². The zero-order valence-corrected chi connectivity index (χ0v) is 14.5. The number of nitrogens with one attached hydrogen (secondary N) is 1. The smallest absolute Gasteiger partial charge is 0.337 e. The second-order valence-electron chi connectivity index (χ2n) is 6.10.